The second kappa shape index (κ2) is 8.16. The van der Waals surface area contributed by atoms with E-state index in [0.29, 0.717) is 5.92 Å². The molecule has 9 heteroatoms. The van der Waals surface area contributed by atoms with Gasteiger partial charge < -0.3 is 10.6 Å². The van der Waals surface area contributed by atoms with E-state index >= 15 is 0 Å². The Morgan fingerprint density at radius 3 is 2.66 bits per heavy atom. The Hall–Kier alpha value is -2.39. The van der Waals surface area contributed by atoms with Crippen molar-refractivity contribution in [2.24, 2.45) is 4.99 Å². The first-order valence-corrected chi connectivity index (χ1v) is 11.8. The van der Waals surface area contributed by atoms with E-state index in [1.807, 2.05) is 11.6 Å². The van der Waals surface area contributed by atoms with E-state index < -0.39 is 0 Å². The standard InChI is InChI=1S/C20H23N7S2/c1-12-14(9-23-17(24-12)13-5-2-3-6-13)18-25-15(10-28-18)16-11-29-20(26-16)27-19-21-7-4-8-22-19/h9-11,13H,2-8H2,1H3,(H2,21,22,26,27). The van der Waals surface area contributed by atoms with E-state index in [9.17, 15) is 0 Å². The van der Waals surface area contributed by atoms with Crippen LogP contribution in [0.15, 0.2) is 21.9 Å². The van der Waals surface area contributed by atoms with Crippen LogP contribution in [0.25, 0.3) is 22.0 Å². The maximum atomic E-state index is 4.81. The molecule has 0 unspecified atom stereocenters. The normalized spacial score (nSPS) is 17.2. The number of hydrogen-bond donors (Lipinski definition) is 2. The van der Waals surface area contributed by atoms with Crippen molar-refractivity contribution in [3.63, 3.8) is 0 Å². The van der Waals surface area contributed by atoms with Crippen LogP contribution in [-0.4, -0.2) is 39.0 Å². The average Bonchev–Trinajstić information content (AvgIpc) is 3.50. The summed E-state index contributed by atoms with van der Waals surface area (Å²) in [4.78, 5) is 23.4. The van der Waals surface area contributed by atoms with Crippen molar-refractivity contribution in [1.82, 2.24) is 25.3 Å². The third-order valence-electron chi connectivity index (χ3n) is 5.34. The quantitative estimate of drug-likeness (QED) is 0.642. The molecule has 5 rings (SSSR count). The van der Waals surface area contributed by atoms with Gasteiger partial charge in [0.05, 0.1) is 11.3 Å². The van der Waals surface area contributed by atoms with Crippen LogP contribution in [0.2, 0.25) is 0 Å². The zero-order valence-electron chi connectivity index (χ0n) is 16.3. The molecule has 2 N–H and O–H groups in total. The number of aliphatic imine (C=N–C) groups is 1. The second-order valence-corrected chi connectivity index (χ2v) is 9.14. The molecule has 29 heavy (non-hydrogen) atoms. The summed E-state index contributed by atoms with van der Waals surface area (Å²) in [7, 11) is 0. The summed E-state index contributed by atoms with van der Waals surface area (Å²) < 4.78 is 0. The Balaban J connectivity index is 1.33. The SMILES string of the molecule is Cc1nc(C2CCCC2)ncc1-c1nc(-c2csc(NC3=NCCCN3)n2)cs1. The molecule has 0 saturated heterocycles. The average molecular weight is 426 g/mol. The van der Waals surface area contributed by atoms with E-state index in [4.69, 9.17) is 9.97 Å². The van der Waals surface area contributed by atoms with E-state index in [0.717, 1.165) is 64.1 Å². The lowest BCUT2D eigenvalue weighted by molar-refractivity contribution is 0.664. The highest BCUT2D eigenvalue weighted by atomic mass is 32.1. The molecule has 150 valence electrons. The minimum absolute atomic E-state index is 0.527. The molecule has 0 amide bonds. The molecule has 0 bridgehead atoms. The summed E-state index contributed by atoms with van der Waals surface area (Å²) in [5, 5.41) is 12.3. The van der Waals surface area contributed by atoms with Gasteiger partial charge >= 0.3 is 0 Å². The zero-order chi connectivity index (χ0) is 19.6. The van der Waals surface area contributed by atoms with Crippen LogP contribution < -0.4 is 10.6 Å². The fraction of sp³-hybridized carbons (Fsp3) is 0.450. The Kier molecular flexibility index (Phi) is 5.24. The van der Waals surface area contributed by atoms with Crippen molar-refractivity contribution in [3.8, 4) is 22.0 Å². The lowest BCUT2D eigenvalue weighted by atomic mass is 10.1. The lowest BCUT2D eigenvalue weighted by Gasteiger charge is -2.13. The van der Waals surface area contributed by atoms with Crippen LogP contribution in [0.1, 0.15) is 49.5 Å². The summed E-state index contributed by atoms with van der Waals surface area (Å²) in [5.74, 6) is 2.32. The largest absolute Gasteiger partial charge is 0.356 e. The van der Waals surface area contributed by atoms with Crippen molar-refractivity contribution >= 4 is 33.8 Å². The van der Waals surface area contributed by atoms with Crippen molar-refractivity contribution in [3.05, 3.63) is 28.5 Å². The van der Waals surface area contributed by atoms with E-state index in [1.165, 1.54) is 25.7 Å². The second-order valence-electron chi connectivity index (χ2n) is 7.42. The number of thiazole rings is 2. The molecule has 1 aliphatic carbocycles. The van der Waals surface area contributed by atoms with Gasteiger partial charge in [0.2, 0.25) is 0 Å². The number of guanidine groups is 1. The van der Waals surface area contributed by atoms with Gasteiger partial charge in [0.15, 0.2) is 11.1 Å². The number of nitrogens with zero attached hydrogens (tertiary/aromatic N) is 5. The minimum Gasteiger partial charge on any atom is -0.356 e. The fourth-order valence-electron chi connectivity index (χ4n) is 3.76. The van der Waals surface area contributed by atoms with Crippen molar-refractivity contribution in [2.75, 3.05) is 18.4 Å². The molecular weight excluding hydrogens is 402 g/mol. The summed E-state index contributed by atoms with van der Waals surface area (Å²) in [5.41, 5.74) is 3.77. The maximum Gasteiger partial charge on any atom is 0.197 e. The molecule has 0 aromatic carbocycles. The van der Waals surface area contributed by atoms with E-state index in [-0.39, 0.29) is 0 Å². The first-order chi connectivity index (χ1) is 14.3. The van der Waals surface area contributed by atoms with Crippen LogP contribution in [0.5, 0.6) is 0 Å². The third-order valence-corrected chi connectivity index (χ3v) is 6.98. The number of anilines is 1. The predicted molar refractivity (Wildman–Crippen MR) is 119 cm³/mol. The molecule has 0 atom stereocenters. The zero-order valence-corrected chi connectivity index (χ0v) is 17.9. The molecule has 0 spiro atoms. The highest BCUT2D eigenvalue weighted by Crippen LogP contribution is 2.35. The number of rotatable bonds is 4. The van der Waals surface area contributed by atoms with E-state index in [2.05, 4.69) is 37.9 Å². The van der Waals surface area contributed by atoms with Crippen molar-refractivity contribution in [1.29, 1.82) is 0 Å². The van der Waals surface area contributed by atoms with Crippen LogP contribution in [0.4, 0.5) is 5.13 Å². The number of aryl methyl sites for hydroxylation is 1. The molecule has 3 aromatic heterocycles. The molecule has 1 saturated carbocycles. The molecule has 1 fully saturated rings. The van der Waals surface area contributed by atoms with Gasteiger partial charge in [0, 0.05) is 36.0 Å². The number of hydrogen-bond acceptors (Lipinski definition) is 9. The van der Waals surface area contributed by atoms with Gasteiger partial charge in [-0.05, 0) is 26.2 Å². The summed E-state index contributed by atoms with van der Waals surface area (Å²) in [6, 6.07) is 0. The summed E-state index contributed by atoms with van der Waals surface area (Å²) in [6.07, 6.45) is 8.02. The number of nitrogens with one attached hydrogen (secondary N) is 2. The van der Waals surface area contributed by atoms with Gasteiger partial charge in [0.25, 0.3) is 0 Å². The molecule has 0 radical (unpaired) electrons. The Morgan fingerprint density at radius 2 is 1.86 bits per heavy atom. The van der Waals surface area contributed by atoms with Gasteiger partial charge in [0.1, 0.15) is 22.2 Å². The van der Waals surface area contributed by atoms with Gasteiger partial charge in [-0.3, -0.25) is 4.99 Å². The fourth-order valence-corrected chi connectivity index (χ4v) is 5.34. The van der Waals surface area contributed by atoms with Crippen LogP contribution in [0, 0.1) is 6.92 Å². The van der Waals surface area contributed by atoms with Gasteiger partial charge in [-0.1, -0.05) is 12.8 Å². The summed E-state index contributed by atoms with van der Waals surface area (Å²) >= 11 is 3.17. The minimum atomic E-state index is 0.527. The predicted octanol–water partition coefficient (Wildman–Crippen LogP) is 4.45. The van der Waals surface area contributed by atoms with Crippen LogP contribution in [0.3, 0.4) is 0 Å². The first-order valence-electron chi connectivity index (χ1n) is 10.1. The topological polar surface area (TPSA) is 88.0 Å². The Morgan fingerprint density at radius 1 is 1.03 bits per heavy atom. The van der Waals surface area contributed by atoms with Gasteiger partial charge in [-0.15, -0.1) is 22.7 Å². The number of aromatic nitrogens is 4. The highest BCUT2D eigenvalue weighted by Gasteiger charge is 2.21. The van der Waals surface area contributed by atoms with Crippen LogP contribution in [-0.2, 0) is 0 Å². The summed E-state index contributed by atoms with van der Waals surface area (Å²) in [6.45, 7) is 3.85. The Bertz CT molecular complexity index is 1030. The maximum absolute atomic E-state index is 4.81. The molecule has 4 heterocycles. The first kappa shape index (κ1) is 18.6. The van der Waals surface area contributed by atoms with E-state index in [1.54, 1.807) is 22.7 Å². The van der Waals surface area contributed by atoms with Crippen LogP contribution >= 0.6 is 22.7 Å². The molecule has 3 aromatic rings. The molecule has 7 nitrogen and oxygen atoms in total. The lowest BCUT2D eigenvalue weighted by Crippen LogP contribution is -2.35. The Labute approximate surface area is 177 Å². The van der Waals surface area contributed by atoms with Gasteiger partial charge in [-0.25, -0.2) is 19.9 Å². The molecular formula is C20H23N7S2. The van der Waals surface area contributed by atoms with Crippen molar-refractivity contribution in [2.45, 2.75) is 44.9 Å². The molecule has 2 aliphatic rings. The highest BCUT2D eigenvalue weighted by molar-refractivity contribution is 7.14. The van der Waals surface area contributed by atoms with Gasteiger partial charge in [-0.2, -0.15) is 0 Å². The third kappa shape index (κ3) is 4.02. The molecule has 1 aliphatic heterocycles. The monoisotopic (exact) mass is 425 g/mol. The smallest absolute Gasteiger partial charge is 0.197 e. The van der Waals surface area contributed by atoms with Crippen molar-refractivity contribution < 1.29 is 0 Å².